The Balaban J connectivity index is 4.66. The predicted octanol–water partition coefficient (Wildman–Crippen LogP) is 3.41. The van der Waals surface area contributed by atoms with Gasteiger partial charge in [-0.3, -0.25) is 5.32 Å². The molecule has 0 amide bonds. The minimum Gasteiger partial charge on any atom is -0.300 e. The van der Waals surface area contributed by atoms with E-state index in [-0.39, 0.29) is 5.41 Å². The van der Waals surface area contributed by atoms with Crippen molar-refractivity contribution in [2.45, 2.75) is 78.9 Å². The molecule has 0 aliphatic heterocycles. The normalized spacial score (nSPS) is 18.7. The molecule has 0 rings (SSSR count). The Bertz CT molecular complexity index is 300. The first-order valence-corrected chi connectivity index (χ1v) is 7.45. The van der Waals surface area contributed by atoms with E-state index >= 15 is 0 Å². The van der Waals surface area contributed by atoms with Gasteiger partial charge in [-0.05, 0) is 52.6 Å². The van der Waals surface area contributed by atoms with Crippen LogP contribution in [-0.2, 0) is 0 Å². The third-order valence-corrected chi connectivity index (χ3v) is 4.28. The smallest absolute Gasteiger partial charge is 0.105 e. The van der Waals surface area contributed by atoms with Crippen LogP contribution >= 0.6 is 0 Å². The Kier molecular flexibility index (Phi) is 7.04. The van der Waals surface area contributed by atoms with Gasteiger partial charge in [0.05, 0.1) is 6.07 Å². The summed E-state index contributed by atoms with van der Waals surface area (Å²) < 4.78 is 0. The molecule has 1 N–H and O–H groups in total. The Hall–Kier alpha value is -0.590. The van der Waals surface area contributed by atoms with E-state index in [4.69, 9.17) is 0 Å². The summed E-state index contributed by atoms with van der Waals surface area (Å²) in [6.07, 6.45) is 1.90. The number of hydrogen-bond donors (Lipinski definition) is 1. The lowest BCUT2D eigenvalue weighted by atomic mass is 9.85. The summed E-state index contributed by atoms with van der Waals surface area (Å²) in [4.78, 5) is 2.39. The van der Waals surface area contributed by atoms with Crippen molar-refractivity contribution in [2.24, 2.45) is 5.41 Å². The fourth-order valence-corrected chi connectivity index (χ4v) is 2.29. The van der Waals surface area contributed by atoms with E-state index in [1.54, 1.807) is 0 Å². The van der Waals surface area contributed by atoms with Crippen molar-refractivity contribution in [3.05, 3.63) is 0 Å². The molecule has 0 radical (unpaired) electrons. The van der Waals surface area contributed by atoms with Crippen molar-refractivity contribution in [3.63, 3.8) is 0 Å². The number of nitrogens with zero attached hydrogens (tertiary/aromatic N) is 2. The third kappa shape index (κ3) is 5.93. The van der Waals surface area contributed by atoms with Crippen molar-refractivity contribution < 1.29 is 0 Å². The van der Waals surface area contributed by atoms with Gasteiger partial charge < -0.3 is 4.90 Å². The van der Waals surface area contributed by atoms with E-state index in [1.165, 1.54) is 0 Å². The molecule has 19 heavy (non-hydrogen) atoms. The second-order valence-electron chi connectivity index (χ2n) is 7.13. The number of hydrogen-bond acceptors (Lipinski definition) is 3. The molecule has 0 spiro atoms. The van der Waals surface area contributed by atoms with E-state index in [0.717, 1.165) is 19.4 Å². The SMILES string of the molecule is CCCNC(C)(C#N)CC(C)N(C)C(C)C(C)(C)C. The lowest BCUT2D eigenvalue weighted by molar-refractivity contribution is 0.0909. The summed E-state index contributed by atoms with van der Waals surface area (Å²) in [6.45, 7) is 16.3. The van der Waals surface area contributed by atoms with E-state index in [0.29, 0.717) is 12.1 Å². The summed E-state index contributed by atoms with van der Waals surface area (Å²) in [5.74, 6) is 0. The minimum atomic E-state index is -0.429. The number of nitrogens with one attached hydrogen (secondary N) is 1. The molecule has 0 saturated heterocycles. The van der Waals surface area contributed by atoms with Crippen LogP contribution in [0.25, 0.3) is 0 Å². The standard InChI is InChI=1S/C16H33N3/c1-9-10-18-16(7,12-17)11-13(2)19(8)14(3)15(4,5)6/h13-14,18H,9-11H2,1-8H3. The average Bonchev–Trinajstić information content (AvgIpc) is 2.33. The fourth-order valence-electron chi connectivity index (χ4n) is 2.29. The molecule has 3 heteroatoms. The van der Waals surface area contributed by atoms with Crippen LogP contribution in [0.1, 0.15) is 61.3 Å². The van der Waals surface area contributed by atoms with Gasteiger partial charge in [-0.1, -0.05) is 27.7 Å². The maximum absolute atomic E-state index is 9.41. The average molecular weight is 267 g/mol. The van der Waals surface area contributed by atoms with Crippen molar-refractivity contribution >= 4 is 0 Å². The fraction of sp³-hybridized carbons (Fsp3) is 0.938. The molecule has 3 atom stereocenters. The predicted molar refractivity (Wildman–Crippen MR) is 83.1 cm³/mol. The topological polar surface area (TPSA) is 39.1 Å². The molecule has 3 unspecified atom stereocenters. The van der Waals surface area contributed by atoms with Gasteiger partial charge in [-0.15, -0.1) is 0 Å². The molecule has 0 aromatic rings. The maximum Gasteiger partial charge on any atom is 0.105 e. The molecule has 0 bridgehead atoms. The molecular formula is C16H33N3. The van der Waals surface area contributed by atoms with Gasteiger partial charge in [0.25, 0.3) is 0 Å². The van der Waals surface area contributed by atoms with Crippen molar-refractivity contribution in [1.29, 1.82) is 5.26 Å². The van der Waals surface area contributed by atoms with Gasteiger partial charge in [0.1, 0.15) is 5.54 Å². The second-order valence-corrected chi connectivity index (χ2v) is 7.13. The Morgan fingerprint density at radius 2 is 1.74 bits per heavy atom. The largest absolute Gasteiger partial charge is 0.300 e. The minimum absolute atomic E-state index is 0.253. The molecule has 0 aliphatic rings. The van der Waals surface area contributed by atoms with Crippen LogP contribution < -0.4 is 5.32 Å². The van der Waals surface area contributed by atoms with Gasteiger partial charge in [0, 0.05) is 12.1 Å². The molecule has 0 aliphatic carbocycles. The van der Waals surface area contributed by atoms with E-state index < -0.39 is 5.54 Å². The van der Waals surface area contributed by atoms with Crippen molar-refractivity contribution in [3.8, 4) is 6.07 Å². The lowest BCUT2D eigenvalue weighted by Crippen LogP contribution is -2.50. The van der Waals surface area contributed by atoms with Crippen LogP contribution in [-0.4, -0.2) is 36.1 Å². The molecule has 0 aromatic heterocycles. The van der Waals surface area contributed by atoms with Crippen LogP contribution in [0.5, 0.6) is 0 Å². The summed E-state index contributed by atoms with van der Waals surface area (Å²) in [5, 5.41) is 12.8. The van der Waals surface area contributed by atoms with Crippen LogP contribution in [0.15, 0.2) is 0 Å². The maximum atomic E-state index is 9.41. The molecule has 112 valence electrons. The van der Waals surface area contributed by atoms with Gasteiger partial charge in [-0.2, -0.15) is 5.26 Å². The molecule has 3 nitrogen and oxygen atoms in total. The summed E-state index contributed by atoms with van der Waals surface area (Å²) in [7, 11) is 2.16. The highest BCUT2D eigenvalue weighted by molar-refractivity contribution is 5.05. The molecule has 0 fully saturated rings. The monoisotopic (exact) mass is 267 g/mol. The summed E-state index contributed by atoms with van der Waals surface area (Å²) in [5.41, 5.74) is -0.176. The third-order valence-electron chi connectivity index (χ3n) is 4.28. The van der Waals surface area contributed by atoms with Crippen LogP contribution in [0.3, 0.4) is 0 Å². The van der Waals surface area contributed by atoms with Crippen LogP contribution in [0, 0.1) is 16.7 Å². The first-order valence-electron chi connectivity index (χ1n) is 7.45. The molecule has 0 aromatic carbocycles. The zero-order chi connectivity index (χ0) is 15.3. The summed E-state index contributed by atoms with van der Waals surface area (Å²) in [6, 6.07) is 3.30. The van der Waals surface area contributed by atoms with E-state index in [1.807, 2.05) is 6.92 Å². The quantitative estimate of drug-likeness (QED) is 0.768. The highest BCUT2D eigenvalue weighted by atomic mass is 15.2. The lowest BCUT2D eigenvalue weighted by Gasteiger charge is -2.41. The highest BCUT2D eigenvalue weighted by Gasteiger charge is 2.31. The van der Waals surface area contributed by atoms with E-state index in [9.17, 15) is 5.26 Å². The first-order chi connectivity index (χ1) is 8.57. The first kappa shape index (κ1) is 18.4. The molecular weight excluding hydrogens is 234 g/mol. The van der Waals surface area contributed by atoms with E-state index in [2.05, 4.69) is 64.9 Å². The Labute approximate surface area is 120 Å². The number of nitriles is 1. The van der Waals surface area contributed by atoms with Crippen molar-refractivity contribution in [1.82, 2.24) is 10.2 Å². The highest BCUT2D eigenvalue weighted by Crippen LogP contribution is 2.26. The van der Waals surface area contributed by atoms with Gasteiger partial charge in [0.15, 0.2) is 0 Å². The molecule has 0 heterocycles. The second kappa shape index (κ2) is 7.26. The molecule has 0 saturated carbocycles. The Morgan fingerprint density at radius 1 is 1.21 bits per heavy atom. The van der Waals surface area contributed by atoms with Gasteiger partial charge >= 0.3 is 0 Å². The van der Waals surface area contributed by atoms with Gasteiger partial charge in [0.2, 0.25) is 0 Å². The Morgan fingerprint density at radius 3 is 2.11 bits per heavy atom. The summed E-state index contributed by atoms with van der Waals surface area (Å²) >= 11 is 0. The number of rotatable bonds is 7. The van der Waals surface area contributed by atoms with Crippen LogP contribution in [0.2, 0.25) is 0 Å². The van der Waals surface area contributed by atoms with Crippen LogP contribution in [0.4, 0.5) is 0 Å². The van der Waals surface area contributed by atoms with Gasteiger partial charge in [-0.25, -0.2) is 0 Å². The zero-order valence-electron chi connectivity index (χ0n) is 14.2. The van der Waals surface area contributed by atoms with Crippen molar-refractivity contribution in [2.75, 3.05) is 13.6 Å². The zero-order valence-corrected chi connectivity index (χ0v) is 14.2.